The molecule has 3 heterocycles. The molecule has 3 aromatic rings. The molecule has 0 fully saturated rings. The van der Waals surface area contributed by atoms with Crippen LogP contribution in [-0.2, 0) is 18.2 Å². The predicted octanol–water partition coefficient (Wildman–Crippen LogP) is 5.57. The number of pyridine rings is 2. The Labute approximate surface area is 214 Å². The number of nitrogens with zero attached hydrogens (tertiary/aromatic N) is 3. The van der Waals surface area contributed by atoms with Gasteiger partial charge in [-0.2, -0.15) is 13.2 Å². The van der Waals surface area contributed by atoms with Gasteiger partial charge in [-0.05, 0) is 72.9 Å². The van der Waals surface area contributed by atoms with Crippen molar-refractivity contribution in [3.8, 4) is 0 Å². The molecule has 1 atom stereocenters. The van der Waals surface area contributed by atoms with Crippen LogP contribution in [0.2, 0.25) is 0 Å². The summed E-state index contributed by atoms with van der Waals surface area (Å²) in [4.78, 5) is 24.3. The van der Waals surface area contributed by atoms with E-state index in [1.54, 1.807) is 24.4 Å². The van der Waals surface area contributed by atoms with Gasteiger partial charge in [0.2, 0.25) is 0 Å². The highest BCUT2D eigenvalue weighted by Crippen LogP contribution is 2.43. The number of nitrogens with one attached hydrogen (secondary N) is 1. The van der Waals surface area contributed by atoms with Gasteiger partial charge in [0.1, 0.15) is 22.3 Å². The summed E-state index contributed by atoms with van der Waals surface area (Å²) in [7, 11) is 0. The summed E-state index contributed by atoms with van der Waals surface area (Å²) < 4.78 is 39.1. The number of fused-ring (bicyclic) bond motifs is 1. The number of hydrogen-bond donors (Lipinski definition) is 3. The van der Waals surface area contributed by atoms with E-state index in [4.69, 9.17) is 0 Å². The van der Waals surface area contributed by atoms with Crippen molar-refractivity contribution in [2.75, 3.05) is 11.1 Å². The van der Waals surface area contributed by atoms with E-state index in [1.165, 1.54) is 17.8 Å². The van der Waals surface area contributed by atoms with Crippen LogP contribution in [0.5, 0.6) is 0 Å². The summed E-state index contributed by atoms with van der Waals surface area (Å²) in [6.07, 6.45) is -0.802. The number of benzene rings is 1. The second-order valence-electron chi connectivity index (χ2n) is 8.88. The summed E-state index contributed by atoms with van der Waals surface area (Å²) >= 11 is 1.37. The Morgan fingerprint density at radius 3 is 2.65 bits per heavy atom. The van der Waals surface area contributed by atoms with Gasteiger partial charge < -0.3 is 15.5 Å². The Bertz CT molecular complexity index is 1470. The fourth-order valence-electron chi connectivity index (χ4n) is 4.44. The largest absolute Gasteiger partial charge is 0.478 e. The lowest BCUT2D eigenvalue weighted by Gasteiger charge is -2.27. The van der Waals surface area contributed by atoms with Gasteiger partial charge in [-0.15, -0.1) is 11.8 Å². The molecule has 1 aliphatic carbocycles. The highest BCUT2D eigenvalue weighted by molar-refractivity contribution is 8.14. The number of alkyl halides is 3. The molecular weight excluding hydrogens is 505 g/mol. The molecule has 1 aliphatic heterocycles. The molecule has 0 saturated carbocycles. The molecule has 0 bridgehead atoms. The van der Waals surface area contributed by atoms with Gasteiger partial charge in [-0.25, -0.2) is 14.8 Å². The number of aliphatic hydroxyl groups is 1. The first-order valence-electron chi connectivity index (χ1n) is 11.3. The molecule has 2 aliphatic rings. The molecule has 2 aromatic heterocycles. The quantitative estimate of drug-likeness (QED) is 0.399. The SMILES string of the molecule is Cc1cc(Nc2cc(C(F)(F)F)ccn2)nc(C2=CN=C(C3(O)CCc4cc(C(=O)O)ccc43)SC2)c1. The van der Waals surface area contributed by atoms with Gasteiger partial charge in [0.05, 0.1) is 16.8 Å². The zero-order valence-corrected chi connectivity index (χ0v) is 20.3. The van der Waals surface area contributed by atoms with Crippen molar-refractivity contribution in [1.29, 1.82) is 0 Å². The first kappa shape index (κ1) is 25.0. The van der Waals surface area contributed by atoms with E-state index >= 15 is 0 Å². The third-order valence-corrected chi connectivity index (χ3v) is 7.42. The summed E-state index contributed by atoms with van der Waals surface area (Å²) in [5, 5.41) is 24.1. The van der Waals surface area contributed by atoms with Crippen LogP contribution in [0.25, 0.3) is 5.57 Å². The standard InChI is InChI=1S/C26H21F3N4O3S/c1-14-8-20(32-22(9-14)33-21-11-18(5-7-30-21)26(27,28)29)17-12-31-24(37-13-17)25(36)6-4-15-10-16(23(34)35)2-3-19(15)25/h2-3,5,7-12,36H,4,6,13H2,1H3,(H,34,35)(H,30,32,33). The number of aromatic carboxylic acids is 1. The zero-order chi connectivity index (χ0) is 26.4. The molecule has 11 heteroatoms. The minimum atomic E-state index is -4.48. The lowest BCUT2D eigenvalue weighted by Crippen LogP contribution is -2.32. The van der Waals surface area contributed by atoms with Crippen molar-refractivity contribution in [2.45, 2.75) is 31.5 Å². The average molecular weight is 527 g/mol. The second-order valence-corrected chi connectivity index (χ2v) is 9.85. The summed E-state index contributed by atoms with van der Waals surface area (Å²) in [5.41, 5.74) is 1.78. The van der Waals surface area contributed by atoms with E-state index in [9.17, 15) is 28.2 Å². The number of rotatable bonds is 5. The molecule has 3 N–H and O–H groups in total. The van der Waals surface area contributed by atoms with Crippen LogP contribution in [0.15, 0.2) is 59.9 Å². The van der Waals surface area contributed by atoms with Crippen molar-refractivity contribution < 1.29 is 28.2 Å². The molecular formula is C26H21F3N4O3S. The number of hydrogen-bond acceptors (Lipinski definition) is 7. The van der Waals surface area contributed by atoms with Crippen molar-refractivity contribution in [1.82, 2.24) is 9.97 Å². The first-order valence-corrected chi connectivity index (χ1v) is 12.3. The highest BCUT2D eigenvalue weighted by Gasteiger charge is 2.42. The van der Waals surface area contributed by atoms with Gasteiger partial charge in [0, 0.05) is 23.7 Å². The van der Waals surface area contributed by atoms with Crippen molar-refractivity contribution >= 4 is 40.0 Å². The molecule has 37 heavy (non-hydrogen) atoms. The lowest BCUT2D eigenvalue weighted by molar-refractivity contribution is -0.137. The van der Waals surface area contributed by atoms with E-state index in [-0.39, 0.29) is 11.4 Å². The number of aryl methyl sites for hydroxylation is 2. The monoisotopic (exact) mass is 526 g/mol. The molecule has 0 radical (unpaired) electrons. The fraction of sp³-hybridized carbons (Fsp3) is 0.231. The molecule has 0 spiro atoms. The number of aromatic nitrogens is 2. The van der Waals surface area contributed by atoms with E-state index in [2.05, 4.69) is 20.3 Å². The van der Waals surface area contributed by atoms with Crippen molar-refractivity contribution in [3.63, 3.8) is 0 Å². The third-order valence-electron chi connectivity index (χ3n) is 6.25. The second kappa shape index (κ2) is 9.31. The van der Waals surface area contributed by atoms with Gasteiger partial charge in [0.15, 0.2) is 0 Å². The van der Waals surface area contributed by atoms with Gasteiger partial charge >= 0.3 is 12.1 Å². The van der Waals surface area contributed by atoms with E-state index in [0.717, 1.165) is 35.0 Å². The number of carbonyl (C=O) groups is 1. The maximum atomic E-state index is 13.0. The van der Waals surface area contributed by atoms with Gasteiger partial charge in [-0.3, -0.25) is 4.99 Å². The third kappa shape index (κ3) is 4.96. The Kier molecular flexibility index (Phi) is 6.28. The smallest absolute Gasteiger partial charge is 0.416 e. The maximum Gasteiger partial charge on any atom is 0.416 e. The Balaban J connectivity index is 1.40. The van der Waals surface area contributed by atoms with Crippen LogP contribution in [0.4, 0.5) is 24.8 Å². The van der Waals surface area contributed by atoms with Crippen LogP contribution >= 0.6 is 11.8 Å². The van der Waals surface area contributed by atoms with Gasteiger partial charge in [-0.1, -0.05) is 6.07 Å². The molecule has 0 amide bonds. The molecule has 190 valence electrons. The van der Waals surface area contributed by atoms with Gasteiger partial charge in [0.25, 0.3) is 0 Å². The highest BCUT2D eigenvalue weighted by atomic mass is 32.2. The van der Waals surface area contributed by atoms with E-state index < -0.39 is 23.3 Å². The zero-order valence-electron chi connectivity index (χ0n) is 19.5. The molecule has 5 rings (SSSR count). The molecule has 1 aromatic carbocycles. The summed E-state index contributed by atoms with van der Waals surface area (Å²) in [5.74, 6) is -0.167. The van der Waals surface area contributed by atoms with Crippen LogP contribution in [0.3, 0.4) is 0 Å². The first-order chi connectivity index (χ1) is 17.5. The number of carboxylic acid groups (broad SMARTS) is 1. The van der Waals surface area contributed by atoms with Crippen LogP contribution in [0, 0.1) is 6.92 Å². The topological polar surface area (TPSA) is 108 Å². The number of thioether (sulfide) groups is 1. The molecule has 1 unspecified atom stereocenters. The Morgan fingerprint density at radius 2 is 1.95 bits per heavy atom. The average Bonchev–Trinajstić information content (AvgIpc) is 3.20. The maximum absolute atomic E-state index is 13.0. The predicted molar refractivity (Wildman–Crippen MR) is 135 cm³/mol. The molecule has 0 saturated heterocycles. The summed E-state index contributed by atoms with van der Waals surface area (Å²) in [6, 6.07) is 10.1. The van der Waals surface area contributed by atoms with Crippen LogP contribution in [-0.4, -0.2) is 36.9 Å². The van der Waals surface area contributed by atoms with E-state index in [1.807, 2.05) is 13.0 Å². The van der Waals surface area contributed by atoms with Crippen molar-refractivity contribution in [3.05, 3.63) is 88.4 Å². The number of carboxylic acids is 1. The minimum Gasteiger partial charge on any atom is -0.478 e. The number of anilines is 2. The van der Waals surface area contributed by atoms with Crippen LogP contribution in [0.1, 0.15) is 44.7 Å². The number of halogens is 3. The minimum absolute atomic E-state index is 0.0272. The normalized spacial score (nSPS) is 19.2. The Morgan fingerprint density at radius 1 is 1.14 bits per heavy atom. The lowest BCUT2D eigenvalue weighted by atomic mass is 9.96. The van der Waals surface area contributed by atoms with E-state index in [0.29, 0.717) is 40.7 Å². The molecule has 7 nitrogen and oxygen atoms in total. The Hall–Kier alpha value is -3.70. The van der Waals surface area contributed by atoms with Crippen LogP contribution < -0.4 is 5.32 Å². The van der Waals surface area contributed by atoms with Crippen molar-refractivity contribution in [2.24, 2.45) is 4.99 Å². The number of aliphatic imine (C=N–C) groups is 1. The summed E-state index contributed by atoms with van der Waals surface area (Å²) in [6.45, 7) is 1.85. The fourth-order valence-corrected chi connectivity index (χ4v) is 5.53.